The molecule has 2 aromatic rings. The molecule has 136 valence electrons. The van der Waals surface area contributed by atoms with Gasteiger partial charge in [0.2, 0.25) is 0 Å². The summed E-state index contributed by atoms with van der Waals surface area (Å²) in [5, 5.41) is 2.49. The number of aryl methyl sites for hydroxylation is 1. The number of nitrogens with one attached hydrogen (secondary N) is 1. The van der Waals surface area contributed by atoms with Crippen molar-refractivity contribution in [1.29, 1.82) is 0 Å². The molecule has 0 saturated carbocycles. The largest absolute Gasteiger partial charge is 0.462 e. The van der Waals surface area contributed by atoms with Crippen LogP contribution in [-0.2, 0) is 14.3 Å². The standard InChI is InChI=1S/C19H18FNO5/c1-3-25-19(24)14-6-4-5-7-16(14)21-17(22)11-26-18(23)13-9-8-12(2)15(20)10-13/h4-10H,3,11H2,1-2H3,(H,21,22). The molecule has 0 fully saturated rings. The van der Waals surface area contributed by atoms with E-state index in [0.29, 0.717) is 5.56 Å². The molecular formula is C19H18FNO5. The Balaban J connectivity index is 1.98. The number of esters is 2. The van der Waals surface area contributed by atoms with Crippen molar-refractivity contribution in [2.24, 2.45) is 0 Å². The number of anilines is 1. The van der Waals surface area contributed by atoms with Gasteiger partial charge < -0.3 is 14.8 Å². The molecular weight excluding hydrogens is 341 g/mol. The van der Waals surface area contributed by atoms with Gasteiger partial charge in [-0.15, -0.1) is 0 Å². The lowest BCUT2D eigenvalue weighted by Gasteiger charge is -2.10. The van der Waals surface area contributed by atoms with E-state index in [2.05, 4.69) is 5.32 Å². The number of carbonyl (C=O) groups excluding carboxylic acids is 3. The Morgan fingerprint density at radius 3 is 2.46 bits per heavy atom. The molecule has 1 amide bonds. The number of benzene rings is 2. The Morgan fingerprint density at radius 1 is 1.04 bits per heavy atom. The van der Waals surface area contributed by atoms with Gasteiger partial charge in [-0.25, -0.2) is 14.0 Å². The van der Waals surface area contributed by atoms with Gasteiger partial charge in [0.25, 0.3) is 5.91 Å². The van der Waals surface area contributed by atoms with Crippen molar-refractivity contribution >= 4 is 23.5 Å². The molecule has 0 atom stereocenters. The quantitative estimate of drug-likeness (QED) is 0.802. The molecule has 26 heavy (non-hydrogen) atoms. The van der Waals surface area contributed by atoms with E-state index in [1.807, 2.05) is 0 Å². The SMILES string of the molecule is CCOC(=O)c1ccccc1NC(=O)COC(=O)c1ccc(C)c(F)c1. The summed E-state index contributed by atoms with van der Waals surface area (Å²) in [4.78, 5) is 35.7. The van der Waals surface area contributed by atoms with Crippen LogP contribution in [0.2, 0.25) is 0 Å². The van der Waals surface area contributed by atoms with E-state index in [4.69, 9.17) is 9.47 Å². The minimum Gasteiger partial charge on any atom is -0.462 e. The highest BCUT2D eigenvalue weighted by Gasteiger charge is 2.16. The Hall–Kier alpha value is -3.22. The van der Waals surface area contributed by atoms with Crippen LogP contribution >= 0.6 is 0 Å². The zero-order chi connectivity index (χ0) is 19.1. The number of para-hydroxylation sites is 1. The minimum atomic E-state index is -0.822. The van der Waals surface area contributed by atoms with Crippen molar-refractivity contribution in [3.8, 4) is 0 Å². The van der Waals surface area contributed by atoms with E-state index in [-0.39, 0.29) is 23.4 Å². The summed E-state index contributed by atoms with van der Waals surface area (Å²) < 4.78 is 23.3. The van der Waals surface area contributed by atoms with E-state index in [1.54, 1.807) is 26.0 Å². The molecule has 0 radical (unpaired) electrons. The fraction of sp³-hybridized carbons (Fsp3) is 0.211. The highest BCUT2D eigenvalue weighted by molar-refractivity contribution is 6.02. The molecule has 0 bridgehead atoms. The number of hydrogen-bond acceptors (Lipinski definition) is 5. The molecule has 6 nitrogen and oxygen atoms in total. The second-order valence-corrected chi connectivity index (χ2v) is 5.35. The average molecular weight is 359 g/mol. The first kappa shape index (κ1) is 19.1. The van der Waals surface area contributed by atoms with Gasteiger partial charge in [-0.2, -0.15) is 0 Å². The van der Waals surface area contributed by atoms with Gasteiger partial charge in [0, 0.05) is 0 Å². The summed E-state index contributed by atoms with van der Waals surface area (Å²) in [5.74, 6) is -2.57. The number of amides is 1. The van der Waals surface area contributed by atoms with E-state index < -0.39 is 30.3 Å². The highest BCUT2D eigenvalue weighted by atomic mass is 19.1. The van der Waals surface area contributed by atoms with E-state index in [1.165, 1.54) is 24.3 Å². The molecule has 0 aliphatic heterocycles. The van der Waals surface area contributed by atoms with Gasteiger partial charge in [0.15, 0.2) is 6.61 Å². The normalized spacial score (nSPS) is 10.1. The fourth-order valence-corrected chi connectivity index (χ4v) is 2.10. The number of halogens is 1. The van der Waals surface area contributed by atoms with Crippen molar-refractivity contribution in [3.05, 3.63) is 65.0 Å². The lowest BCUT2D eigenvalue weighted by molar-refractivity contribution is -0.119. The maximum atomic E-state index is 13.5. The number of rotatable bonds is 6. The van der Waals surface area contributed by atoms with Crippen LogP contribution in [0.25, 0.3) is 0 Å². The van der Waals surface area contributed by atoms with Gasteiger partial charge >= 0.3 is 11.9 Å². The highest BCUT2D eigenvalue weighted by Crippen LogP contribution is 2.16. The molecule has 1 N–H and O–H groups in total. The van der Waals surface area contributed by atoms with Crippen molar-refractivity contribution < 1.29 is 28.2 Å². The van der Waals surface area contributed by atoms with Crippen LogP contribution in [0, 0.1) is 12.7 Å². The Bertz CT molecular complexity index is 834. The molecule has 0 aromatic heterocycles. The van der Waals surface area contributed by atoms with Gasteiger partial charge in [0.1, 0.15) is 5.82 Å². The summed E-state index contributed by atoms with van der Waals surface area (Å²) in [6.07, 6.45) is 0. The third-order valence-electron chi connectivity index (χ3n) is 3.44. The lowest BCUT2D eigenvalue weighted by atomic mass is 10.1. The molecule has 0 aliphatic carbocycles. The molecule has 2 rings (SSSR count). The predicted octanol–water partition coefficient (Wildman–Crippen LogP) is 3.11. The second-order valence-electron chi connectivity index (χ2n) is 5.35. The van der Waals surface area contributed by atoms with Crippen molar-refractivity contribution in [2.45, 2.75) is 13.8 Å². The van der Waals surface area contributed by atoms with E-state index in [9.17, 15) is 18.8 Å². The smallest absolute Gasteiger partial charge is 0.340 e. The maximum Gasteiger partial charge on any atom is 0.340 e. The van der Waals surface area contributed by atoms with Crippen LogP contribution in [-0.4, -0.2) is 31.1 Å². The summed E-state index contributed by atoms with van der Waals surface area (Å²) in [6.45, 7) is 2.86. The van der Waals surface area contributed by atoms with Crippen molar-refractivity contribution in [3.63, 3.8) is 0 Å². The first-order chi connectivity index (χ1) is 12.4. The van der Waals surface area contributed by atoms with Crippen LogP contribution < -0.4 is 5.32 Å². The van der Waals surface area contributed by atoms with Gasteiger partial charge in [0.05, 0.1) is 23.4 Å². The molecule has 0 saturated heterocycles. The topological polar surface area (TPSA) is 81.7 Å². The van der Waals surface area contributed by atoms with Crippen LogP contribution in [0.4, 0.5) is 10.1 Å². The van der Waals surface area contributed by atoms with E-state index >= 15 is 0 Å². The zero-order valence-electron chi connectivity index (χ0n) is 14.4. The second kappa shape index (κ2) is 8.75. The van der Waals surface area contributed by atoms with Crippen LogP contribution in [0.15, 0.2) is 42.5 Å². The molecule has 0 aliphatic rings. The Labute approximate surface area is 149 Å². The third-order valence-corrected chi connectivity index (χ3v) is 3.44. The summed E-state index contributed by atoms with van der Waals surface area (Å²) in [5.41, 5.74) is 0.839. The number of ether oxygens (including phenoxy) is 2. The number of hydrogen-bond donors (Lipinski definition) is 1. The molecule has 0 unspecified atom stereocenters. The molecule has 0 heterocycles. The Kier molecular flexibility index (Phi) is 6.43. The first-order valence-electron chi connectivity index (χ1n) is 7.91. The lowest BCUT2D eigenvalue weighted by Crippen LogP contribution is -2.22. The predicted molar refractivity (Wildman–Crippen MR) is 92.4 cm³/mol. The summed E-state index contributed by atoms with van der Waals surface area (Å²) in [6, 6.07) is 10.2. The van der Waals surface area contributed by atoms with Gasteiger partial charge in [-0.1, -0.05) is 18.2 Å². The number of carbonyl (C=O) groups is 3. The molecule has 2 aromatic carbocycles. The summed E-state index contributed by atoms with van der Waals surface area (Å²) in [7, 11) is 0. The first-order valence-corrected chi connectivity index (χ1v) is 7.91. The molecule has 0 spiro atoms. The average Bonchev–Trinajstić information content (AvgIpc) is 2.62. The van der Waals surface area contributed by atoms with Crippen molar-refractivity contribution in [1.82, 2.24) is 0 Å². The third kappa shape index (κ3) is 4.89. The maximum absolute atomic E-state index is 13.5. The Morgan fingerprint density at radius 2 is 1.77 bits per heavy atom. The minimum absolute atomic E-state index is 0.00724. The monoisotopic (exact) mass is 359 g/mol. The van der Waals surface area contributed by atoms with Crippen LogP contribution in [0.5, 0.6) is 0 Å². The molecule has 7 heteroatoms. The van der Waals surface area contributed by atoms with E-state index in [0.717, 1.165) is 6.07 Å². The van der Waals surface area contributed by atoms with Gasteiger partial charge in [-0.3, -0.25) is 4.79 Å². The van der Waals surface area contributed by atoms with Crippen LogP contribution in [0.1, 0.15) is 33.2 Å². The fourth-order valence-electron chi connectivity index (χ4n) is 2.10. The summed E-state index contributed by atoms with van der Waals surface area (Å²) >= 11 is 0. The van der Waals surface area contributed by atoms with Gasteiger partial charge in [-0.05, 0) is 43.7 Å². The van der Waals surface area contributed by atoms with Crippen LogP contribution in [0.3, 0.4) is 0 Å². The van der Waals surface area contributed by atoms with Crippen molar-refractivity contribution in [2.75, 3.05) is 18.5 Å². The zero-order valence-corrected chi connectivity index (χ0v) is 14.4.